The molecule has 3 rings (SSSR count). The first-order valence-corrected chi connectivity index (χ1v) is 8.21. The van der Waals surface area contributed by atoms with Crippen LogP contribution in [0.15, 0.2) is 24.3 Å². The number of carbonyl (C=O) groups excluding carboxylic acids is 2. The molecule has 1 atom stereocenters. The monoisotopic (exact) mass is 329 g/mol. The molecule has 1 aliphatic rings. The zero-order chi connectivity index (χ0) is 17.1. The van der Waals surface area contributed by atoms with Crippen molar-refractivity contribution in [2.45, 2.75) is 18.9 Å². The van der Waals surface area contributed by atoms with Gasteiger partial charge in [0, 0.05) is 39.5 Å². The molecule has 0 saturated carbocycles. The van der Waals surface area contributed by atoms with E-state index in [4.69, 9.17) is 0 Å². The highest BCUT2D eigenvalue weighted by atomic mass is 16.2. The summed E-state index contributed by atoms with van der Waals surface area (Å²) in [5.41, 5.74) is 1.88. The van der Waals surface area contributed by atoms with Gasteiger partial charge in [0.05, 0.1) is 11.0 Å². The van der Waals surface area contributed by atoms with Crippen molar-refractivity contribution in [3.8, 4) is 0 Å². The summed E-state index contributed by atoms with van der Waals surface area (Å²) in [6, 6.07) is 7.38. The Balaban J connectivity index is 1.65. The number of nitrogens with zero attached hydrogens (tertiary/aromatic N) is 3. The number of aromatic amines is 1. The molecule has 1 aliphatic heterocycles. The van der Waals surface area contributed by atoms with Gasteiger partial charge in [-0.25, -0.2) is 4.98 Å². The summed E-state index contributed by atoms with van der Waals surface area (Å²) in [7, 11) is 3.57. The molecule has 0 spiro atoms. The van der Waals surface area contributed by atoms with Crippen molar-refractivity contribution < 1.29 is 9.59 Å². The largest absolute Gasteiger partial charge is 0.357 e. The summed E-state index contributed by atoms with van der Waals surface area (Å²) in [5.74, 6) is 0.686. The van der Waals surface area contributed by atoms with Gasteiger partial charge in [-0.05, 0) is 19.2 Å². The molecular weight excluding hydrogens is 306 g/mol. The van der Waals surface area contributed by atoms with Crippen LogP contribution < -0.4 is 5.32 Å². The Morgan fingerprint density at radius 2 is 2.12 bits per heavy atom. The summed E-state index contributed by atoms with van der Waals surface area (Å²) in [5, 5.41) is 2.65. The van der Waals surface area contributed by atoms with E-state index in [0.29, 0.717) is 25.9 Å². The summed E-state index contributed by atoms with van der Waals surface area (Å²) in [4.78, 5) is 36.2. The maximum Gasteiger partial charge on any atom is 0.243 e. The molecule has 24 heavy (non-hydrogen) atoms. The zero-order valence-electron chi connectivity index (χ0n) is 14.1. The number of fused-ring (bicyclic) bond motifs is 1. The second kappa shape index (κ2) is 7.00. The lowest BCUT2D eigenvalue weighted by molar-refractivity contribution is -0.143. The molecule has 1 saturated heterocycles. The third-order valence-electron chi connectivity index (χ3n) is 4.47. The van der Waals surface area contributed by atoms with Crippen LogP contribution in [0.4, 0.5) is 0 Å². The summed E-state index contributed by atoms with van der Waals surface area (Å²) >= 11 is 0. The summed E-state index contributed by atoms with van der Waals surface area (Å²) < 4.78 is 0. The number of nitrogens with one attached hydrogen (secondary N) is 2. The van der Waals surface area contributed by atoms with Crippen molar-refractivity contribution in [1.29, 1.82) is 0 Å². The highest BCUT2D eigenvalue weighted by Gasteiger charge is 2.33. The quantitative estimate of drug-likeness (QED) is 0.850. The minimum absolute atomic E-state index is 0.00263. The molecule has 7 heteroatoms. The number of para-hydroxylation sites is 2. The van der Waals surface area contributed by atoms with Crippen LogP contribution in [0.25, 0.3) is 11.0 Å². The van der Waals surface area contributed by atoms with E-state index < -0.39 is 6.04 Å². The Morgan fingerprint density at radius 1 is 1.33 bits per heavy atom. The van der Waals surface area contributed by atoms with Crippen LogP contribution in [0.1, 0.15) is 12.2 Å². The van der Waals surface area contributed by atoms with Crippen molar-refractivity contribution in [2.24, 2.45) is 0 Å². The topological polar surface area (TPSA) is 81.3 Å². The van der Waals surface area contributed by atoms with Gasteiger partial charge in [-0.1, -0.05) is 12.1 Å². The number of hydrogen-bond donors (Lipinski definition) is 2. The number of carbonyl (C=O) groups is 2. The molecule has 2 amide bonds. The van der Waals surface area contributed by atoms with Crippen molar-refractivity contribution >= 4 is 22.8 Å². The molecule has 1 unspecified atom stereocenters. The third-order valence-corrected chi connectivity index (χ3v) is 4.47. The van der Waals surface area contributed by atoms with Gasteiger partial charge in [0.25, 0.3) is 0 Å². The van der Waals surface area contributed by atoms with E-state index >= 15 is 0 Å². The van der Waals surface area contributed by atoms with E-state index in [-0.39, 0.29) is 11.8 Å². The molecule has 0 bridgehead atoms. The van der Waals surface area contributed by atoms with Crippen LogP contribution in [0.3, 0.4) is 0 Å². The minimum Gasteiger partial charge on any atom is -0.357 e. The van der Waals surface area contributed by atoms with E-state index in [2.05, 4.69) is 20.2 Å². The first-order valence-electron chi connectivity index (χ1n) is 8.21. The van der Waals surface area contributed by atoms with Crippen LogP contribution in [-0.2, 0) is 16.0 Å². The summed E-state index contributed by atoms with van der Waals surface area (Å²) in [6.45, 7) is 1.92. The molecule has 2 heterocycles. The number of imidazole rings is 1. The van der Waals surface area contributed by atoms with Gasteiger partial charge in [0.1, 0.15) is 11.9 Å². The molecule has 2 N–H and O–H groups in total. The van der Waals surface area contributed by atoms with Gasteiger partial charge >= 0.3 is 0 Å². The highest BCUT2D eigenvalue weighted by Crippen LogP contribution is 2.14. The second-order valence-corrected chi connectivity index (χ2v) is 6.18. The fourth-order valence-corrected chi connectivity index (χ4v) is 3.10. The number of benzene rings is 1. The molecule has 1 fully saturated rings. The molecule has 7 nitrogen and oxygen atoms in total. The fourth-order valence-electron chi connectivity index (χ4n) is 3.10. The number of hydrogen-bond acceptors (Lipinski definition) is 4. The summed E-state index contributed by atoms with van der Waals surface area (Å²) in [6.07, 6.45) is 0.886. The fraction of sp³-hybridized carbons (Fsp3) is 0.471. The lowest BCUT2D eigenvalue weighted by Gasteiger charge is -2.38. The maximum absolute atomic E-state index is 12.6. The van der Waals surface area contributed by atoms with Gasteiger partial charge in [-0.3, -0.25) is 9.59 Å². The number of aromatic nitrogens is 2. The number of amides is 2. The van der Waals surface area contributed by atoms with Gasteiger partial charge in [-0.15, -0.1) is 0 Å². The first kappa shape index (κ1) is 16.4. The maximum atomic E-state index is 12.6. The normalized spacial score (nSPS) is 18.8. The molecular formula is C17H23N5O2. The van der Waals surface area contributed by atoms with E-state index in [0.717, 1.165) is 23.4 Å². The second-order valence-electron chi connectivity index (χ2n) is 6.18. The van der Waals surface area contributed by atoms with Gasteiger partial charge in [0.15, 0.2) is 0 Å². The van der Waals surface area contributed by atoms with Crippen LogP contribution >= 0.6 is 0 Å². The Morgan fingerprint density at radius 3 is 2.88 bits per heavy atom. The van der Waals surface area contributed by atoms with Crippen LogP contribution in [0, 0.1) is 0 Å². The molecule has 1 aromatic carbocycles. The van der Waals surface area contributed by atoms with E-state index in [1.807, 2.05) is 31.3 Å². The number of likely N-dealkylation sites (N-methyl/N-ethyl adjacent to an activating group) is 2. The highest BCUT2D eigenvalue weighted by molar-refractivity contribution is 5.88. The Bertz CT molecular complexity index is 708. The van der Waals surface area contributed by atoms with E-state index in [9.17, 15) is 9.59 Å². The van der Waals surface area contributed by atoms with Crippen LogP contribution in [0.2, 0.25) is 0 Å². The Kier molecular flexibility index (Phi) is 4.80. The van der Waals surface area contributed by atoms with Gasteiger partial charge in [0.2, 0.25) is 11.8 Å². The lowest BCUT2D eigenvalue weighted by atomic mass is 10.1. The molecule has 0 aliphatic carbocycles. The lowest BCUT2D eigenvalue weighted by Crippen LogP contribution is -2.59. The molecule has 2 aromatic rings. The molecule has 128 valence electrons. The minimum atomic E-state index is -0.420. The zero-order valence-corrected chi connectivity index (χ0v) is 14.1. The number of H-pyrrole nitrogens is 1. The van der Waals surface area contributed by atoms with Crippen molar-refractivity contribution in [2.75, 3.05) is 33.7 Å². The van der Waals surface area contributed by atoms with E-state index in [1.54, 1.807) is 11.9 Å². The Labute approximate surface area is 141 Å². The predicted octanol–water partition coefficient (Wildman–Crippen LogP) is 0.384. The first-order chi connectivity index (χ1) is 11.6. The smallest absolute Gasteiger partial charge is 0.243 e. The average Bonchev–Trinajstić information content (AvgIpc) is 3.01. The van der Waals surface area contributed by atoms with Gasteiger partial charge < -0.3 is 20.1 Å². The molecule has 1 aromatic heterocycles. The third kappa shape index (κ3) is 3.41. The number of rotatable bonds is 4. The standard InChI is InChI=1S/C17H23N5O2/c1-18-17(24)14-11-21(2)9-10-22(14)16(23)8-7-15-19-12-5-3-4-6-13(12)20-15/h3-6,14H,7-11H2,1-2H3,(H,18,24)(H,19,20). The Hall–Kier alpha value is -2.41. The SMILES string of the molecule is CNC(=O)C1CN(C)CCN1C(=O)CCc1nc2ccccc2[nH]1. The van der Waals surface area contributed by atoms with Crippen LogP contribution in [-0.4, -0.2) is 71.4 Å². The molecule has 0 radical (unpaired) electrons. The van der Waals surface area contributed by atoms with Crippen molar-refractivity contribution in [3.05, 3.63) is 30.1 Å². The number of piperazine rings is 1. The number of aryl methyl sites for hydroxylation is 1. The van der Waals surface area contributed by atoms with Crippen LogP contribution in [0.5, 0.6) is 0 Å². The van der Waals surface area contributed by atoms with Gasteiger partial charge in [-0.2, -0.15) is 0 Å². The average molecular weight is 329 g/mol. The van der Waals surface area contributed by atoms with E-state index in [1.165, 1.54) is 0 Å². The van der Waals surface area contributed by atoms with Crippen molar-refractivity contribution in [3.63, 3.8) is 0 Å². The van der Waals surface area contributed by atoms with Crippen molar-refractivity contribution in [1.82, 2.24) is 25.1 Å². The predicted molar refractivity (Wildman–Crippen MR) is 91.5 cm³/mol.